The lowest BCUT2D eigenvalue weighted by Crippen LogP contribution is -2.07. The van der Waals surface area contributed by atoms with E-state index >= 15 is 0 Å². The molecular weight excluding hydrogens is 256 g/mol. The van der Waals surface area contributed by atoms with Crippen molar-refractivity contribution in [1.82, 2.24) is 4.98 Å². The van der Waals surface area contributed by atoms with Gasteiger partial charge in [0.2, 0.25) is 0 Å². The molecule has 0 saturated heterocycles. The highest BCUT2D eigenvalue weighted by Gasteiger charge is 2.17. The Labute approximate surface area is 87.7 Å². The molecular formula is C8H6BrF2N3. The summed E-state index contributed by atoms with van der Waals surface area (Å²) in [6.07, 6.45) is -2.65. The molecule has 3 nitrogen and oxygen atoms in total. The fourth-order valence-corrected chi connectivity index (χ4v) is 1.48. The van der Waals surface area contributed by atoms with E-state index in [1.807, 2.05) is 0 Å². The van der Waals surface area contributed by atoms with E-state index in [2.05, 4.69) is 20.9 Å². The SMILES string of the molecule is N#Cc1nc(Br)cc(C(F)F)c1CN. The lowest BCUT2D eigenvalue weighted by atomic mass is 10.1. The highest BCUT2D eigenvalue weighted by atomic mass is 79.9. The minimum atomic E-state index is -2.65. The van der Waals surface area contributed by atoms with E-state index < -0.39 is 6.43 Å². The summed E-state index contributed by atoms with van der Waals surface area (Å²) in [5, 5.41) is 8.65. The fourth-order valence-electron chi connectivity index (χ4n) is 1.06. The van der Waals surface area contributed by atoms with Gasteiger partial charge in [-0.15, -0.1) is 0 Å². The molecule has 1 heterocycles. The number of alkyl halides is 2. The normalized spacial score (nSPS) is 10.3. The highest BCUT2D eigenvalue weighted by Crippen LogP contribution is 2.26. The number of nitrogens with two attached hydrogens (primary N) is 1. The van der Waals surface area contributed by atoms with E-state index in [0.717, 1.165) is 0 Å². The highest BCUT2D eigenvalue weighted by molar-refractivity contribution is 9.10. The zero-order chi connectivity index (χ0) is 10.7. The minimum Gasteiger partial charge on any atom is -0.326 e. The maximum Gasteiger partial charge on any atom is 0.264 e. The summed E-state index contributed by atoms with van der Waals surface area (Å²) in [5.41, 5.74) is 5.07. The van der Waals surface area contributed by atoms with Crippen LogP contribution in [0, 0.1) is 11.3 Å². The van der Waals surface area contributed by atoms with Crippen molar-refractivity contribution >= 4 is 15.9 Å². The number of aromatic nitrogens is 1. The van der Waals surface area contributed by atoms with E-state index in [1.165, 1.54) is 6.07 Å². The topological polar surface area (TPSA) is 62.7 Å². The number of hydrogen-bond donors (Lipinski definition) is 1. The number of hydrogen-bond acceptors (Lipinski definition) is 3. The summed E-state index contributed by atoms with van der Waals surface area (Å²) in [7, 11) is 0. The second kappa shape index (κ2) is 4.44. The van der Waals surface area contributed by atoms with E-state index in [1.54, 1.807) is 6.07 Å². The third-order valence-corrected chi connectivity index (χ3v) is 2.08. The summed E-state index contributed by atoms with van der Waals surface area (Å²) in [6.45, 7) is -0.122. The zero-order valence-corrected chi connectivity index (χ0v) is 8.55. The van der Waals surface area contributed by atoms with Crippen LogP contribution in [0.25, 0.3) is 0 Å². The Hall–Kier alpha value is -1.06. The number of halogens is 3. The van der Waals surface area contributed by atoms with Gasteiger partial charge in [0.15, 0.2) is 0 Å². The largest absolute Gasteiger partial charge is 0.326 e. The molecule has 74 valence electrons. The van der Waals surface area contributed by atoms with Crippen molar-refractivity contribution in [1.29, 1.82) is 5.26 Å². The Morgan fingerprint density at radius 3 is 2.71 bits per heavy atom. The van der Waals surface area contributed by atoms with Gasteiger partial charge in [-0.25, -0.2) is 13.8 Å². The van der Waals surface area contributed by atoms with Crippen molar-refractivity contribution in [3.8, 4) is 6.07 Å². The molecule has 1 rings (SSSR count). The van der Waals surface area contributed by atoms with Crippen LogP contribution in [0.2, 0.25) is 0 Å². The van der Waals surface area contributed by atoms with Gasteiger partial charge in [-0.2, -0.15) is 5.26 Å². The molecule has 0 aromatic carbocycles. The molecule has 1 aromatic rings. The van der Waals surface area contributed by atoms with Gasteiger partial charge in [-0.3, -0.25) is 0 Å². The lowest BCUT2D eigenvalue weighted by molar-refractivity contribution is 0.150. The first kappa shape index (κ1) is 11.0. The number of nitriles is 1. The van der Waals surface area contributed by atoms with E-state index in [9.17, 15) is 8.78 Å². The van der Waals surface area contributed by atoms with Gasteiger partial charge < -0.3 is 5.73 Å². The Kier molecular flexibility index (Phi) is 3.49. The molecule has 0 fully saturated rings. The first-order valence-corrected chi connectivity index (χ1v) is 4.47. The maximum atomic E-state index is 12.5. The first-order chi connectivity index (χ1) is 6.60. The molecule has 14 heavy (non-hydrogen) atoms. The molecule has 0 amide bonds. The Morgan fingerprint density at radius 1 is 1.64 bits per heavy atom. The van der Waals surface area contributed by atoms with Gasteiger partial charge >= 0.3 is 0 Å². The average Bonchev–Trinajstić information content (AvgIpc) is 2.16. The summed E-state index contributed by atoms with van der Waals surface area (Å²) in [6, 6.07) is 2.90. The van der Waals surface area contributed by atoms with Crippen molar-refractivity contribution in [3.05, 3.63) is 27.5 Å². The Balaban J connectivity index is 3.41. The van der Waals surface area contributed by atoms with Crippen LogP contribution in [-0.2, 0) is 6.54 Å². The van der Waals surface area contributed by atoms with Crippen LogP contribution in [0.5, 0.6) is 0 Å². The van der Waals surface area contributed by atoms with E-state index in [4.69, 9.17) is 11.0 Å². The predicted octanol–water partition coefficient (Wildman–Crippen LogP) is 2.11. The van der Waals surface area contributed by atoms with Crippen LogP contribution in [0.1, 0.15) is 23.2 Å². The molecule has 1 aromatic heterocycles. The first-order valence-electron chi connectivity index (χ1n) is 3.67. The fraction of sp³-hybridized carbons (Fsp3) is 0.250. The maximum absolute atomic E-state index is 12.5. The second-order valence-corrected chi connectivity index (χ2v) is 3.29. The summed E-state index contributed by atoms with van der Waals surface area (Å²) in [5.74, 6) is 0. The van der Waals surface area contributed by atoms with Crippen molar-refractivity contribution < 1.29 is 8.78 Å². The molecule has 0 unspecified atom stereocenters. The van der Waals surface area contributed by atoms with Crippen molar-refractivity contribution in [2.45, 2.75) is 13.0 Å². The van der Waals surface area contributed by atoms with Crippen molar-refractivity contribution in [3.63, 3.8) is 0 Å². The molecule has 0 bridgehead atoms. The van der Waals surface area contributed by atoms with Gasteiger partial charge in [0.1, 0.15) is 16.4 Å². The van der Waals surface area contributed by atoms with Gasteiger partial charge in [-0.1, -0.05) is 0 Å². The molecule has 0 aliphatic heterocycles. The van der Waals surface area contributed by atoms with Crippen LogP contribution in [0.3, 0.4) is 0 Å². The zero-order valence-electron chi connectivity index (χ0n) is 6.97. The molecule has 0 atom stereocenters. The standard InChI is InChI=1S/C8H6BrF2N3/c9-7-1-4(8(10)11)5(2-12)6(3-13)14-7/h1,8H,2,12H2. The molecule has 0 aliphatic carbocycles. The Morgan fingerprint density at radius 2 is 2.29 bits per heavy atom. The molecule has 0 aliphatic rings. The Bertz CT molecular complexity index is 387. The monoisotopic (exact) mass is 261 g/mol. The quantitative estimate of drug-likeness (QED) is 0.830. The lowest BCUT2D eigenvalue weighted by Gasteiger charge is -2.08. The summed E-state index contributed by atoms with van der Waals surface area (Å²) < 4.78 is 25.2. The molecule has 6 heteroatoms. The van der Waals surface area contributed by atoms with E-state index in [0.29, 0.717) is 0 Å². The van der Waals surface area contributed by atoms with Gasteiger partial charge in [0.05, 0.1) is 0 Å². The number of nitrogens with zero attached hydrogens (tertiary/aromatic N) is 2. The minimum absolute atomic E-state index is 0.0582. The van der Waals surface area contributed by atoms with Crippen molar-refractivity contribution in [2.75, 3.05) is 0 Å². The second-order valence-electron chi connectivity index (χ2n) is 2.48. The predicted molar refractivity (Wildman–Crippen MR) is 49.5 cm³/mol. The number of pyridine rings is 1. The van der Waals surface area contributed by atoms with Gasteiger partial charge in [-0.05, 0) is 22.0 Å². The average molecular weight is 262 g/mol. The van der Waals surface area contributed by atoms with Gasteiger partial charge in [0.25, 0.3) is 6.43 Å². The third kappa shape index (κ3) is 2.05. The van der Waals surface area contributed by atoms with E-state index in [-0.39, 0.29) is 28.0 Å². The molecule has 2 N–H and O–H groups in total. The van der Waals surface area contributed by atoms with Gasteiger partial charge in [0, 0.05) is 17.7 Å². The van der Waals surface area contributed by atoms with Crippen LogP contribution in [0.15, 0.2) is 10.7 Å². The smallest absolute Gasteiger partial charge is 0.264 e. The van der Waals surface area contributed by atoms with Crippen LogP contribution < -0.4 is 5.73 Å². The molecule has 0 spiro atoms. The summed E-state index contributed by atoms with van der Waals surface area (Å²) in [4.78, 5) is 3.75. The molecule has 0 saturated carbocycles. The van der Waals surface area contributed by atoms with Crippen LogP contribution >= 0.6 is 15.9 Å². The third-order valence-electron chi connectivity index (χ3n) is 1.67. The number of rotatable bonds is 2. The summed E-state index contributed by atoms with van der Waals surface area (Å²) >= 11 is 2.95. The molecule has 0 radical (unpaired) electrons. The van der Waals surface area contributed by atoms with Crippen molar-refractivity contribution in [2.24, 2.45) is 5.73 Å². The van der Waals surface area contributed by atoms with Crippen LogP contribution in [-0.4, -0.2) is 4.98 Å². The van der Waals surface area contributed by atoms with Crippen LogP contribution in [0.4, 0.5) is 8.78 Å².